The number of carbonyl (C=O) groups excluding carboxylic acids is 1. The fraction of sp³-hybridized carbons (Fsp3) is 0.565. The molecule has 0 spiro atoms. The molecule has 2 rings (SSSR count). The molecule has 0 radical (unpaired) electrons. The largest absolute Gasteiger partial charge is 0.478 e. The quantitative estimate of drug-likeness (QED) is 0.594. The highest BCUT2D eigenvalue weighted by Crippen LogP contribution is 2.29. The van der Waals surface area contributed by atoms with E-state index >= 15 is 0 Å². The molecule has 1 aromatic carbocycles. The molecule has 1 fully saturated rings. The number of aromatic carboxylic acids is 1. The number of amides is 1. The molecular formula is C23H33NO4. The van der Waals surface area contributed by atoms with Gasteiger partial charge in [-0.1, -0.05) is 57.9 Å². The van der Waals surface area contributed by atoms with E-state index in [1.54, 1.807) is 24.3 Å². The number of carboxylic acid groups (broad SMARTS) is 1. The summed E-state index contributed by atoms with van der Waals surface area (Å²) in [6.45, 7) is 6.90. The second-order valence-corrected chi connectivity index (χ2v) is 8.37. The maximum absolute atomic E-state index is 12.3. The number of carboxylic acids is 1. The fourth-order valence-corrected chi connectivity index (χ4v) is 3.58. The third-order valence-corrected chi connectivity index (χ3v) is 5.71. The minimum atomic E-state index is -0.938. The van der Waals surface area contributed by atoms with Crippen LogP contribution in [-0.2, 0) is 11.2 Å². The van der Waals surface area contributed by atoms with Crippen molar-refractivity contribution in [3.05, 3.63) is 47.5 Å². The Morgan fingerprint density at radius 1 is 1.32 bits per heavy atom. The molecule has 5 heteroatoms. The smallest absolute Gasteiger partial charge is 0.335 e. The van der Waals surface area contributed by atoms with Crippen molar-refractivity contribution in [2.75, 3.05) is 6.54 Å². The summed E-state index contributed by atoms with van der Waals surface area (Å²) in [5.74, 6) is -0.802. The Hall–Kier alpha value is -2.14. The van der Waals surface area contributed by atoms with E-state index in [4.69, 9.17) is 5.11 Å². The zero-order valence-electron chi connectivity index (χ0n) is 17.2. The Kier molecular flexibility index (Phi) is 7.81. The van der Waals surface area contributed by atoms with Gasteiger partial charge in [0, 0.05) is 13.0 Å². The van der Waals surface area contributed by atoms with Crippen molar-refractivity contribution in [2.24, 2.45) is 5.41 Å². The van der Waals surface area contributed by atoms with Crippen LogP contribution in [0.5, 0.6) is 0 Å². The van der Waals surface area contributed by atoms with Crippen LogP contribution in [-0.4, -0.2) is 45.7 Å². The van der Waals surface area contributed by atoms with Crippen LogP contribution in [0.1, 0.15) is 68.8 Å². The van der Waals surface area contributed by atoms with Crippen LogP contribution in [0.25, 0.3) is 0 Å². The molecule has 0 bridgehead atoms. The molecule has 1 aromatic rings. The summed E-state index contributed by atoms with van der Waals surface area (Å²) in [7, 11) is 0. The van der Waals surface area contributed by atoms with Gasteiger partial charge in [0.25, 0.3) is 0 Å². The average molecular weight is 388 g/mol. The molecule has 5 nitrogen and oxygen atoms in total. The second-order valence-electron chi connectivity index (χ2n) is 8.37. The average Bonchev–Trinajstić information content (AvgIpc) is 3.02. The van der Waals surface area contributed by atoms with Gasteiger partial charge in [0.15, 0.2) is 0 Å². The number of nitrogens with zero attached hydrogens (tertiary/aromatic N) is 1. The van der Waals surface area contributed by atoms with Gasteiger partial charge in [-0.25, -0.2) is 4.79 Å². The van der Waals surface area contributed by atoms with E-state index < -0.39 is 12.1 Å². The van der Waals surface area contributed by atoms with Crippen LogP contribution in [0.15, 0.2) is 36.4 Å². The molecule has 0 saturated carbocycles. The minimum Gasteiger partial charge on any atom is -0.478 e. The van der Waals surface area contributed by atoms with Crippen LogP contribution in [0.2, 0.25) is 0 Å². The topological polar surface area (TPSA) is 77.8 Å². The Bertz CT molecular complexity index is 693. The summed E-state index contributed by atoms with van der Waals surface area (Å²) in [6.07, 6.45) is 8.46. The number of hydrogen-bond donors (Lipinski definition) is 2. The molecular weight excluding hydrogens is 354 g/mol. The van der Waals surface area contributed by atoms with E-state index in [0.717, 1.165) is 31.2 Å². The third-order valence-electron chi connectivity index (χ3n) is 5.71. The zero-order chi connectivity index (χ0) is 20.7. The van der Waals surface area contributed by atoms with Crippen molar-refractivity contribution in [1.29, 1.82) is 0 Å². The lowest BCUT2D eigenvalue weighted by Crippen LogP contribution is -2.34. The van der Waals surface area contributed by atoms with E-state index in [1.165, 1.54) is 0 Å². The van der Waals surface area contributed by atoms with Crippen molar-refractivity contribution < 1.29 is 19.8 Å². The summed E-state index contributed by atoms with van der Waals surface area (Å²) in [5, 5.41) is 19.5. The highest BCUT2D eigenvalue weighted by Gasteiger charge is 2.30. The standard InChI is InChI=1S/C23H33NO4/c1-4-5-15-23(2,3)20(25)12-10-19-11-13-21(26)24(19)16-14-17-6-8-18(9-7-17)22(27)28/h6-10,12,19-20,25H,4-5,11,13-16H2,1-3H3,(H,27,28)/b12-10-. The Balaban J connectivity index is 1.95. The number of rotatable bonds is 10. The monoisotopic (exact) mass is 387 g/mol. The predicted octanol–water partition coefficient (Wildman–Crippen LogP) is 4.05. The van der Waals surface area contributed by atoms with Crippen molar-refractivity contribution in [3.63, 3.8) is 0 Å². The summed E-state index contributed by atoms with van der Waals surface area (Å²) in [5.41, 5.74) is 1.10. The molecule has 1 aliphatic rings. The highest BCUT2D eigenvalue weighted by molar-refractivity contribution is 5.87. The molecule has 2 N–H and O–H groups in total. The van der Waals surface area contributed by atoms with E-state index in [1.807, 2.05) is 17.1 Å². The molecule has 0 aromatic heterocycles. The predicted molar refractivity (Wildman–Crippen MR) is 110 cm³/mol. The number of aliphatic hydroxyl groups excluding tert-OH is 1. The van der Waals surface area contributed by atoms with E-state index in [2.05, 4.69) is 20.8 Å². The van der Waals surface area contributed by atoms with Gasteiger partial charge in [0.2, 0.25) is 5.91 Å². The van der Waals surface area contributed by atoms with Crippen LogP contribution < -0.4 is 0 Å². The van der Waals surface area contributed by atoms with E-state index in [9.17, 15) is 14.7 Å². The maximum atomic E-state index is 12.3. The number of hydrogen-bond acceptors (Lipinski definition) is 3. The van der Waals surface area contributed by atoms with Gasteiger partial charge in [-0.05, 0) is 42.4 Å². The first-order chi connectivity index (χ1) is 13.2. The normalized spacial score (nSPS) is 18.8. The number of likely N-dealkylation sites (tertiary alicyclic amines) is 1. The van der Waals surface area contributed by atoms with Crippen molar-refractivity contribution in [3.8, 4) is 0 Å². The third kappa shape index (κ3) is 5.93. The number of carbonyl (C=O) groups is 2. The van der Waals surface area contributed by atoms with Gasteiger partial charge >= 0.3 is 5.97 Å². The lowest BCUT2D eigenvalue weighted by molar-refractivity contribution is -0.128. The van der Waals surface area contributed by atoms with Crippen molar-refractivity contribution in [2.45, 2.75) is 71.4 Å². The summed E-state index contributed by atoms with van der Waals surface area (Å²) in [6, 6.07) is 6.80. The van der Waals surface area contributed by atoms with Crippen molar-refractivity contribution >= 4 is 11.9 Å². The second kappa shape index (κ2) is 9.87. The molecule has 0 aliphatic carbocycles. The first-order valence-corrected chi connectivity index (χ1v) is 10.2. The molecule has 28 heavy (non-hydrogen) atoms. The van der Waals surface area contributed by atoms with Crippen LogP contribution in [0.3, 0.4) is 0 Å². The molecule has 1 heterocycles. The van der Waals surface area contributed by atoms with Crippen molar-refractivity contribution in [1.82, 2.24) is 4.90 Å². The minimum absolute atomic E-state index is 0.0161. The summed E-state index contributed by atoms with van der Waals surface area (Å²) >= 11 is 0. The molecule has 1 aliphatic heterocycles. The molecule has 2 unspecified atom stereocenters. The van der Waals surface area contributed by atoms with Gasteiger partial charge in [-0.3, -0.25) is 4.79 Å². The zero-order valence-corrected chi connectivity index (χ0v) is 17.2. The Labute approximate surface area is 168 Å². The number of benzene rings is 1. The summed E-state index contributed by atoms with van der Waals surface area (Å²) in [4.78, 5) is 25.1. The fourth-order valence-electron chi connectivity index (χ4n) is 3.58. The summed E-state index contributed by atoms with van der Waals surface area (Å²) < 4.78 is 0. The lowest BCUT2D eigenvalue weighted by atomic mass is 9.81. The molecule has 154 valence electrons. The Morgan fingerprint density at radius 3 is 2.61 bits per heavy atom. The first kappa shape index (κ1) is 22.2. The number of aliphatic hydroxyl groups is 1. The first-order valence-electron chi connectivity index (χ1n) is 10.2. The molecule has 1 amide bonds. The molecule has 2 atom stereocenters. The van der Waals surface area contributed by atoms with Gasteiger partial charge in [0.1, 0.15) is 0 Å². The Morgan fingerprint density at radius 2 is 2.00 bits per heavy atom. The van der Waals surface area contributed by atoms with Crippen LogP contribution in [0, 0.1) is 5.41 Å². The lowest BCUT2D eigenvalue weighted by Gasteiger charge is -2.29. The SMILES string of the molecule is CCCCC(C)(C)C(O)/C=C\C1CCC(=O)N1CCc1ccc(C(=O)O)cc1. The van der Waals surface area contributed by atoms with Gasteiger partial charge in [-0.15, -0.1) is 0 Å². The highest BCUT2D eigenvalue weighted by atomic mass is 16.4. The maximum Gasteiger partial charge on any atom is 0.335 e. The van der Waals surface area contributed by atoms with Gasteiger partial charge in [0.05, 0.1) is 17.7 Å². The van der Waals surface area contributed by atoms with Gasteiger partial charge < -0.3 is 15.1 Å². The van der Waals surface area contributed by atoms with Gasteiger partial charge in [-0.2, -0.15) is 0 Å². The molecule has 1 saturated heterocycles. The van der Waals surface area contributed by atoms with Crippen LogP contribution in [0.4, 0.5) is 0 Å². The van der Waals surface area contributed by atoms with E-state index in [-0.39, 0.29) is 22.9 Å². The number of unbranched alkanes of at least 4 members (excludes halogenated alkanes) is 1. The van der Waals surface area contributed by atoms with E-state index in [0.29, 0.717) is 19.4 Å². The van der Waals surface area contributed by atoms with Crippen LogP contribution >= 0.6 is 0 Å².